The van der Waals surface area contributed by atoms with E-state index in [0.717, 1.165) is 32.2 Å². The van der Waals surface area contributed by atoms with Crippen LogP contribution in [-0.4, -0.2) is 62.0 Å². The first-order chi connectivity index (χ1) is 8.28. The van der Waals surface area contributed by atoms with Crippen molar-refractivity contribution in [2.24, 2.45) is 5.92 Å². The van der Waals surface area contributed by atoms with Gasteiger partial charge in [-0.1, -0.05) is 0 Å². The maximum absolute atomic E-state index is 9.28. The molecular formula is C13H26N2O2. The minimum Gasteiger partial charge on any atom is -0.395 e. The summed E-state index contributed by atoms with van der Waals surface area (Å²) in [4.78, 5) is 2.24. The van der Waals surface area contributed by atoms with Crippen LogP contribution in [0.4, 0.5) is 0 Å². The summed E-state index contributed by atoms with van der Waals surface area (Å²) >= 11 is 0. The first-order valence-corrected chi connectivity index (χ1v) is 6.91. The fourth-order valence-electron chi connectivity index (χ4n) is 1.97. The molecule has 0 amide bonds. The van der Waals surface area contributed by atoms with Crippen LogP contribution in [-0.2, 0) is 4.74 Å². The Balaban J connectivity index is 1.49. The number of nitrogens with one attached hydrogen (secondary N) is 1. The van der Waals surface area contributed by atoms with E-state index in [-0.39, 0.29) is 12.6 Å². The molecule has 0 aliphatic heterocycles. The highest BCUT2D eigenvalue weighted by molar-refractivity contribution is 4.85. The van der Waals surface area contributed by atoms with Crippen LogP contribution in [0.1, 0.15) is 25.7 Å². The van der Waals surface area contributed by atoms with Gasteiger partial charge in [0.05, 0.1) is 13.2 Å². The van der Waals surface area contributed by atoms with Gasteiger partial charge in [0.25, 0.3) is 0 Å². The third-order valence-electron chi connectivity index (χ3n) is 3.47. The topological polar surface area (TPSA) is 44.7 Å². The predicted octanol–water partition coefficient (Wildman–Crippen LogP) is 0.458. The zero-order valence-electron chi connectivity index (χ0n) is 10.9. The second kappa shape index (κ2) is 6.69. The summed E-state index contributed by atoms with van der Waals surface area (Å²) in [5.74, 6) is 0.849. The molecule has 2 aliphatic carbocycles. The summed E-state index contributed by atoms with van der Waals surface area (Å²) in [6.07, 6.45) is 5.25. The van der Waals surface area contributed by atoms with Crippen LogP contribution in [0.2, 0.25) is 0 Å². The van der Waals surface area contributed by atoms with Crippen molar-refractivity contribution in [1.29, 1.82) is 0 Å². The largest absolute Gasteiger partial charge is 0.395 e. The third kappa shape index (κ3) is 5.82. The van der Waals surface area contributed by atoms with Gasteiger partial charge in [0.2, 0.25) is 0 Å². The zero-order chi connectivity index (χ0) is 12.1. The molecule has 0 aromatic rings. The quantitative estimate of drug-likeness (QED) is 0.546. The van der Waals surface area contributed by atoms with E-state index in [0.29, 0.717) is 6.04 Å². The summed E-state index contributed by atoms with van der Waals surface area (Å²) in [5.41, 5.74) is 0. The number of nitrogens with zero attached hydrogens (tertiary/aromatic N) is 1. The van der Waals surface area contributed by atoms with Crippen molar-refractivity contribution in [1.82, 2.24) is 10.2 Å². The van der Waals surface area contributed by atoms with Crippen molar-refractivity contribution < 1.29 is 9.84 Å². The van der Waals surface area contributed by atoms with E-state index in [1.807, 2.05) is 0 Å². The average Bonchev–Trinajstić information content (AvgIpc) is 3.17. The predicted molar refractivity (Wildman–Crippen MR) is 68.1 cm³/mol. The average molecular weight is 242 g/mol. The van der Waals surface area contributed by atoms with Crippen LogP contribution in [0.25, 0.3) is 0 Å². The molecule has 2 fully saturated rings. The molecular weight excluding hydrogens is 216 g/mol. The van der Waals surface area contributed by atoms with Gasteiger partial charge < -0.3 is 20.1 Å². The first-order valence-electron chi connectivity index (χ1n) is 6.91. The van der Waals surface area contributed by atoms with Gasteiger partial charge in [-0.15, -0.1) is 0 Å². The van der Waals surface area contributed by atoms with Crippen LogP contribution >= 0.6 is 0 Å². The van der Waals surface area contributed by atoms with E-state index in [9.17, 15) is 5.11 Å². The highest BCUT2D eigenvalue weighted by Gasteiger charge is 2.24. The molecule has 0 heterocycles. The van der Waals surface area contributed by atoms with Crippen molar-refractivity contribution in [2.45, 2.75) is 37.8 Å². The lowest BCUT2D eigenvalue weighted by Gasteiger charge is -2.23. The Morgan fingerprint density at radius 2 is 2.12 bits per heavy atom. The smallest absolute Gasteiger partial charge is 0.0597 e. The number of hydrogen-bond donors (Lipinski definition) is 2. The summed E-state index contributed by atoms with van der Waals surface area (Å²) < 4.78 is 5.61. The maximum Gasteiger partial charge on any atom is 0.0597 e. The molecule has 100 valence electrons. The van der Waals surface area contributed by atoms with Crippen molar-refractivity contribution in [3.05, 3.63) is 0 Å². The number of likely N-dealkylation sites (N-methyl/N-ethyl adjacent to an activating group) is 1. The minimum atomic E-state index is 0.218. The highest BCUT2D eigenvalue weighted by atomic mass is 16.5. The fraction of sp³-hybridized carbons (Fsp3) is 1.00. The van der Waals surface area contributed by atoms with E-state index < -0.39 is 0 Å². The van der Waals surface area contributed by atoms with Gasteiger partial charge in [0.15, 0.2) is 0 Å². The molecule has 4 heteroatoms. The molecule has 0 saturated heterocycles. The number of hydrogen-bond acceptors (Lipinski definition) is 4. The van der Waals surface area contributed by atoms with Gasteiger partial charge in [-0.3, -0.25) is 0 Å². The molecule has 0 spiro atoms. The fourth-order valence-corrected chi connectivity index (χ4v) is 1.97. The lowest BCUT2D eigenvalue weighted by atomic mass is 10.3. The molecule has 17 heavy (non-hydrogen) atoms. The minimum absolute atomic E-state index is 0.218. The standard InChI is InChI=1S/C13H26N2O2/c1-15(6-7-17-10-11-2-3-11)8-13(9-16)14-12-4-5-12/h11-14,16H,2-10H2,1H3. The van der Waals surface area contributed by atoms with E-state index in [1.165, 1.54) is 25.7 Å². The Labute approximate surface area is 104 Å². The molecule has 0 radical (unpaired) electrons. The highest BCUT2D eigenvalue weighted by Crippen LogP contribution is 2.28. The summed E-state index contributed by atoms with van der Waals surface area (Å²) in [5, 5.41) is 12.7. The molecule has 0 bridgehead atoms. The summed E-state index contributed by atoms with van der Waals surface area (Å²) in [7, 11) is 2.09. The van der Waals surface area contributed by atoms with Crippen LogP contribution in [0.5, 0.6) is 0 Å². The van der Waals surface area contributed by atoms with E-state index in [1.54, 1.807) is 0 Å². The Hall–Kier alpha value is -0.160. The van der Waals surface area contributed by atoms with Gasteiger partial charge in [0.1, 0.15) is 0 Å². The first kappa shape index (κ1) is 13.3. The van der Waals surface area contributed by atoms with Crippen molar-refractivity contribution in [2.75, 3.05) is 40.0 Å². The van der Waals surface area contributed by atoms with Crippen LogP contribution in [0, 0.1) is 5.92 Å². The molecule has 4 nitrogen and oxygen atoms in total. The lowest BCUT2D eigenvalue weighted by Crippen LogP contribution is -2.43. The molecule has 2 N–H and O–H groups in total. The third-order valence-corrected chi connectivity index (χ3v) is 3.47. The normalized spacial score (nSPS) is 22.1. The number of aliphatic hydroxyl groups is 1. The number of rotatable bonds is 10. The van der Waals surface area contributed by atoms with Crippen molar-refractivity contribution >= 4 is 0 Å². The van der Waals surface area contributed by atoms with Crippen molar-refractivity contribution in [3.8, 4) is 0 Å². The molecule has 0 aromatic carbocycles. The Morgan fingerprint density at radius 3 is 2.71 bits per heavy atom. The molecule has 0 aromatic heterocycles. The molecule has 1 unspecified atom stereocenters. The van der Waals surface area contributed by atoms with Crippen LogP contribution in [0.3, 0.4) is 0 Å². The Kier molecular flexibility index (Phi) is 5.22. The molecule has 1 atom stereocenters. The maximum atomic E-state index is 9.28. The van der Waals surface area contributed by atoms with Gasteiger partial charge >= 0.3 is 0 Å². The molecule has 2 rings (SSSR count). The second-order valence-electron chi connectivity index (χ2n) is 5.60. The summed E-state index contributed by atoms with van der Waals surface area (Å²) in [6.45, 7) is 3.84. The second-order valence-corrected chi connectivity index (χ2v) is 5.60. The van der Waals surface area contributed by atoms with Crippen molar-refractivity contribution in [3.63, 3.8) is 0 Å². The van der Waals surface area contributed by atoms with Crippen LogP contribution in [0.15, 0.2) is 0 Å². The zero-order valence-corrected chi connectivity index (χ0v) is 10.9. The SMILES string of the molecule is CN(CCOCC1CC1)CC(CO)NC1CC1. The van der Waals surface area contributed by atoms with E-state index in [2.05, 4.69) is 17.3 Å². The number of aliphatic hydroxyl groups excluding tert-OH is 1. The Morgan fingerprint density at radius 1 is 1.35 bits per heavy atom. The van der Waals surface area contributed by atoms with Gasteiger partial charge in [-0.2, -0.15) is 0 Å². The Bertz CT molecular complexity index is 217. The van der Waals surface area contributed by atoms with Crippen LogP contribution < -0.4 is 5.32 Å². The van der Waals surface area contributed by atoms with Gasteiger partial charge in [0, 0.05) is 31.8 Å². The number of ether oxygens (including phenoxy) is 1. The van der Waals surface area contributed by atoms with Gasteiger partial charge in [-0.05, 0) is 38.6 Å². The van der Waals surface area contributed by atoms with E-state index >= 15 is 0 Å². The molecule has 2 aliphatic rings. The molecule has 2 saturated carbocycles. The monoisotopic (exact) mass is 242 g/mol. The van der Waals surface area contributed by atoms with E-state index in [4.69, 9.17) is 4.74 Å². The van der Waals surface area contributed by atoms with Gasteiger partial charge in [-0.25, -0.2) is 0 Å². The summed E-state index contributed by atoms with van der Waals surface area (Å²) in [6, 6.07) is 0.877. The lowest BCUT2D eigenvalue weighted by molar-refractivity contribution is 0.0969.